The van der Waals surface area contributed by atoms with Gasteiger partial charge in [-0.3, -0.25) is 0 Å². The van der Waals surface area contributed by atoms with Gasteiger partial charge < -0.3 is 13.9 Å². The molecular weight excluding hydrogens is 274 g/mol. The minimum Gasteiger partial charge on any atom is -0.466 e. The van der Waals surface area contributed by atoms with E-state index in [0.717, 1.165) is 5.56 Å². The smallest absolute Gasteiger partial charge is 0.417 e. The number of amides is 1. The van der Waals surface area contributed by atoms with Gasteiger partial charge in [0.1, 0.15) is 5.60 Å². The van der Waals surface area contributed by atoms with Crippen LogP contribution in [0.5, 0.6) is 0 Å². The van der Waals surface area contributed by atoms with Gasteiger partial charge in [0.2, 0.25) is 5.88 Å². The van der Waals surface area contributed by atoms with E-state index in [1.165, 1.54) is 18.3 Å². The van der Waals surface area contributed by atoms with E-state index in [0.29, 0.717) is 5.88 Å². The van der Waals surface area contributed by atoms with Gasteiger partial charge in [-0.05, 0) is 33.8 Å². The fourth-order valence-electron chi connectivity index (χ4n) is 1.58. The number of anilines is 1. The van der Waals surface area contributed by atoms with Crippen molar-refractivity contribution in [1.29, 1.82) is 0 Å². The van der Waals surface area contributed by atoms with Crippen molar-refractivity contribution in [3.05, 3.63) is 30.0 Å². The number of ether oxygens (including phenoxy) is 2. The molecule has 0 saturated carbocycles. The van der Waals surface area contributed by atoms with Gasteiger partial charge in [-0.15, -0.1) is 0 Å². The highest BCUT2D eigenvalue weighted by molar-refractivity contribution is 5.93. The van der Waals surface area contributed by atoms with E-state index in [9.17, 15) is 9.59 Å². The number of rotatable bonds is 4. The predicted molar refractivity (Wildman–Crippen MR) is 78.2 cm³/mol. The second-order valence-corrected chi connectivity index (χ2v) is 5.57. The first-order chi connectivity index (χ1) is 9.65. The largest absolute Gasteiger partial charge is 0.466 e. The van der Waals surface area contributed by atoms with Crippen LogP contribution in [0.4, 0.5) is 10.7 Å². The lowest BCUT2D eigenvalue weighted by atomic mass is 10.2. The van der Waals surface area contributed by atoms with Crippen molar-refractivity contribution in [3.63, 3.8) is 0 Å². The molecule has 1 heterocycles. The fourth-order valence-corrected chi connectivity index (χ4v) is 1.58. The van der Waals surface area contributed by atoms with Crippen molar-refractivity contribution in [2.75, 3.05) is 18.6 Å². The van der Waals surface area contributed by atoms with Gasteiger partial charge in [-0.2, -0.15) is 0 Å². The Morgan fingerprint density at radius 3 is 2.43 bits per heavy atom. The first kappa shape index (κ1) is 16.8. The molecule has 0 aromatic carbocycles. The van der Waals surface area contributed by atoms with Gasteiger partial charge in [-0.25, -0.2) is 14.5 Å². The second-order valence-electron chi connectivity index (χ2n) is 5.57. The zero-order valence-corrected chi connectivity index (χ0v) is 13.1. The summed E-state index contributed by atoms with van der Waals surface area (Å²) in [6.07, 6.45) is 0.841. The van der Waals surface area contributed by atoms with Crippen LogP contribution in [-0.4, -0.2) is 31.3 Å². The average Bonchev–Trinajstić information content (AvgIpc) is 2.78. The van der Waals surface area contributed by atoms with Crippen molar-refractivity contribution in [1.82, 2.24) is 0 Å². The number of hydrogen-bond donors (Lipinski definition) is 0. The molecule has 116 valence electrons. The zero-order valence-electron chi connectivity index (χ0n) is 13.1. The molecule has 0 unspecified atom stereocenters. The minimum atomic E-state index is -0.664. The maximum atomic E-state index is 12.3. The summed E-state index contributed by atoms with van der Waals surface area (Å²) >= 11 is 0. The molecule has 0 radical (unpaired) electrons. The summed E-state index contributed by atoms with van der Waals surface area (Å²) in [6.45, 7) is 10.6. The van der Waals surface area contributed by atoms with Gasteiger partial charge >= 0.3 is 12.1 Å². The van der Waals surface area contributed by atoms with Crippen LogP contribution in [0.15, 0.2) is 28.9 Å². The number of carbonyl (C=O) groups excluding carboxylic acids is 2. The highest BCUT2D eigenvalue weighted by atomic mass is 16.6. The molecule has 0 N–H and O–H groups in total. The molecule has 6 nitrogen and oxygen atoms in total. The maximum absolute atomic E-state index is 12.3. The molecule has 0 atom stereocenters. The molecule has 6 heteroatoms. The van der Waals surface area contributed by atoms with Gasteiger partial charge in [0.05, 0.1) is 25.5 Å². The van der Waals surface area contributed by atoms with E-state index in [4.69, 9.17) is 9.15 Å². The molecule has 0 fully saturated rings. The summed E-state index contributed by atoms with van der Waals surface area (Å²) in [5, 5.41) is 0. The van der Waals surface area contributed by atoms with E-state index in [1.54, 1.807) is 33.8 Å². The lowest BCUT2D eigenvalue weighted by molar-refractivity contribution is -0.136. The number of furan rings is 1. The van der Waals surface area contributed by atoms with Crippen LogP contribution in [0.3, 0.4) is 0 Å². The molecular formula is C15H21NO5. The maximum Gasteiger partial charge on any atom is 0.417 e. The summed E-state index contributed by atoms with van der Waals surface area (Å²) in [7, 11) is 1.25. The fraction of sp³-hybridized carbons (Fsp3) is 0.467. The number of methoxy groups -OCH3 is 1. The first-order valence-electron chi connectivity index (χ1n) is 6.46. The Kier molecular flexibility index (Phi) is 5.18. The SMILES string of the molecule is C=C(CN(C(=O)OC(C)(C)C)c1occc1C)C(=O)OC. The van der Waals surface area contributed by atoms with Gasteiger partial charge in [0.25, 0.3) is 0 Å². The summed E-state index contributed by atoms with van der Waals surface area (Å²) in [4.78, 5) is 25.0. The Hall–Kier alpha value is -2.24. The monoisotopic (exact) mass is 295 g/mol. The van der Waals surface area contributed by atoms with Crippen LogP contribution in [0.25, 0.3) is 0 Å². The van der Waals surface area contributed by atoms with Crippen LogP contribution >= 0.6 is 0 Å². The lowest BCUT2D eigenvalue weighted by Crippen LogP contribution is -2.39. The normalized spacial score (nSPS) is 10.9. The third-order valence-corrected chi connectivity index (χ3v) is 2.52. The van der Waals surface area contributed by atoms with E-state index < -0.39 is 17.7 Å². The minimum absolute atomic E-state index is 0.0735. The Labute approximate surface area is 124 Å². The molecule has 1 amide bonds. The first-order valence-corrected chi connectivity index (χ1v) is 6.46. The van der Waals surface area contributed by atoms with Crippen LogP contribution in [0.1, 0.15) is 26.3 Å². The lowest BCUT2D eigenvalue weighted by Gasteiger charge is -2.26. The third kappa shape index (κ3) is 4.66. The number of carbonyl (C=O) groups is 2. The number of esters is 1. The molecule has 0 bridgehead atoms. The predicted octanol–water partition coefficient (Wildman–Crippen LogP) is 3.06. The second kappa shape index (κ2) is 6.47. The summed E-state index contributed by atoms with van der Waals surface area (Å²) in [5.41, 5.74) is 0.209. The van der Waals surface area contributed by atoms with Crippen molar-refractivity contribution < 1.29 is 23.5 Å². The molecule has 21 heavy (non-hydrogen) atoms. The molecule has 0 aliphatic heterocycles. The number of nitrogens with zero attached hydrogens (tertiary/aromatic N) is 1. The topological polar surface area (TPSA) is 69.0 Å². The van der Waals surface area contributed by atoms with Gasteiger partial charge in [-0.1, -0.05) is 6.58 Å². The van der Waals surface area contributed by atoms with Crippen LogP contribution in [0, 0.1) is 6.92 Å². The Morgan fingerprint density at radius 1 is 1.38 bits per heavy atom. The number of aryl methyl sites for hydroxylation is 1. The zero-order chi connectivity index (χ0) is 16.2. The highest BCUT2D eigenvalue weighted by Crippen LogP contribution is 2.24. The van der Waals surface area contributed by atoms with E-state index in [2.05, 4.69) is 11.3 Å². The molecule has 0 aliphatic carbocycles. The van der Waals surface area contributed by atoms with Gasteiger partial charge in [0, 0.05) is 5.56 Å². The van der Waals surface area contributed by atoms with Crippen molar-refractivity contribution in [2.24, 2.45) is 0 Å². The molecule has 1 aromatic rings. The van der Waals surface area contributed by atoms with Gasteiger partial charge in [0.15, 0.2) is 0 Å². The van der Waals surface area contributed by atoms with E-state index >= 15 is 0 Å². The quantitative estimate of drug-likeness (QED) is 0.630. The molecule has 1 aromatic heterocycles. The third-order valence-electron chi connectivity index (χ3n) is 2.52. The van der Waals surface area contributed by atoms with Crippen LogP contribution in [-0.2, 0) is 14.3 Å². The molecule has 0 aliphatic rings. The molecule has 0 spiro atoms. The van der Waals surface area contributed by atoms with Crippen molar-refractivity contribution in [2.45, 2.75) is 33.3 Å². The van der Waals surface area contributed by atoms with Crippen LogP contribution in [0.2, 0.25) is 0 Å². The Bertz CT molecular complexity index is 539. The van der Waals surface area contributed by atoms with Crippen molar-refractivity contribution in [3.8, 4) is 0 Å². The van der Waals surface area contributed by atoms with Crippen molar-refractivity contribution >= 4 is 17.9 Å². The summed E-state index contributed by atoms with van der Waals surface area (Å²) in [6, 6.07) is 1.72. The Morgan fingerprint density at radius 2 is 2.00 bits per heavy atom. The summed E-state index contributed by atoms with van der Waals surface area (Å²) < 4.78 is 15.2. The standard InChI is InChI=1S/C15H21NO5/c1-10-7-8-20-12(10)16(9-11(2)13(17)19-6)14(18)21-15(3,4)5/h7-8H,2,9H2,1,3-6H3. The number of hydrogen-bond acceptors (Lipinski definition) is 5. The molecule has 1 rings (SSSR count). The Balaban J connectivity index is 3.01. The summed E-state index contributed by atoms with van der Waals surface area (Å²) in [5.74, 6) is -0.276. The average molecular weight is 295 g/mol. The van der Waals surface area contributed by atoms with E-state index in [-0.39, 0.29) is 12.1 Å². The van der Waals surface area contributed by atoms with Crippen LogP contribution < -0.4 is 4.90 Å². The molecule has 0 saturated heterocycles. The highest BCUT2D eigenvalue weighted by Gasteiger charge is 2.28. The van der Waals surface area contributed by atoms with E-state index in [1.807, 2.05) is 0 Å².